The van der Waals surface area contributed by atoms with E-state index in [1.165, 1.54) is 6.07 Å². The van der Waals surface area contributed by atoms with Crippen molar-refractivity contribution in [3.8, 4) is 0 Å². The van der Waals surface area contributed by atoms with E-state index >= 15 is 0 Å². The topological polar surface area (TPSA) is 58.3 Å². The SMILES string of the molecule is Nc1ccc(F)c(F)c1NCc1ccc(CO)cc1. The molecule has 0 unspecified atom stereocenters. The molecular formula is C14H14F2N2O. The number of benzene rings is 2. The molecule has 0 aliphatic rings. The molecule has 2 aromatic carbocycles. The van der Waals surface area contributed by atoms with Crippen molar-refractivity contribution in [1.29, 1.82) is 0 Å². The minimum Gasteiger partial charge on any atom is -0.397 e. The Balaban J connectivity index is 2.12. The first-order valence-electron chi connectivity index (χ1n) is 5.78. The summed E-state index contributed by atoms with van der Waals surface area (Å²) in [5, 5.41) is 11.7. The fraction of sp³-hybridized carbons (Fsp3) is 0.143. The second-order valence-electron chi connectivity index (χ2n) is 4.15. The molecule has 4 N–H and O–H groups in total. The lowest BCUT2D eigenvalue weighted by molar-refractivity contribution is 0.282. The van der Waals surface area contributed by atoms with E-state index in [1.807, 2.05) is 0 Å². The fourth-order valence-electron chi connectivity index (χ4n) is 1.70. The average Bonchev–Trinajstić information content (AvgIpc) is 2.44. The highest BCUT2D eigenvalue weighted by Crippen LogP contribution is 2.25. The van der Waals surface area contributed by atoms with Gasteiger partial charge in [-0.05, 0) is 23.3 Å². The summed E-state index contributed by atoms with van der Waals surface area (Å²) >= 11 is 0. The second kappa shape index (κ2) is 5.67. The van der Waals surface area contributed by atoms with Gasteiger partial charge in [0, 0.05) is 6.54 Å². The number of nitrogens with one attached hydrogen (secondary N) is 1. The third-order valence-electron chi connectivity index (χ3n) is 2.80. The molecular weight excluding hydrogens is 250 g/mol. The van der Waals surface area contributed by atoms with Crippen molar-refractivity contribution in [3.05, 3.63) is 59.2 Å². The van der Waals surface area contributed by atoms with Crippen LogP contribution in [0, 0.1) is 11.6 Å². The Labute approximate surface area is 109 Å². The number of anilines is 2. The molecule has 0 spiro atoms. The quantitative estimate of drug-likeness (QED) is 0.744. The van der Waals surface area contributed by atoms with Gasteiger partial charge in [0.1, 0.15) is 0 Å². The highest BCUT2D eigenvalue weighted by Gasteiger charge is 2.11. The molecule has 5 heteroatoms. The molecule has 0 radical (unpaired) electrons. The Morgan fingerprint density at radius 3 is 2.26 bits per heavy atom. The van der Waals surface area contributed by atoms with E-state index in [9.17, 15) is 8.78 Å². The van der Waals surface area contributed by atoms with Crippen molar-refractivity contribution in [3.63, 3.8) is 0 Å². The Bertz CT molecular complexity index is 570. The highest BCUT2D eigenvalue weighted by atomic mass is 19.2. The maximum Gasteiger partial charge on any atom is 0.183 e. The van der Waals surface area contributed by atoms with Crippen LogP contribution in [0.5, 0.6) is 0 Å². The minimum absolute atomic E-state index is 0.0286. The minimum atomic E-state index is -0.980. The highest BCUT2D eigenvalue weighted by molar-refractivity contribution is 5.66. The number of aliphatic hydroxyl groups is 1. The molecule has 0 heterocycles. The smallest absolute Gasteiger partial charge is 0.183 e. The lowest BCUT2D eigenvalue weighted by Gasteiger charge is -2.11. The Morgan fingerprint density at radius 1 is 1.00 bits per heavy atom. The maximum absolute atomic E-state index is 13.5. The van der Waals surface area contributed by atoms with Gasteiger partial charge in [0.05, 0.1) is 18.0 Å². The van der Waals surface area contributed by atoms with Crippen molar-refractivity contribution in [2.24, 2.45) is 0 Å². The van der Waals surface area contributed by atoms with Gasteiger partial charge in [-0.1, -0.05) is 24.3 Å². The lowest BCUT2D eigenvalue weighted by Crippen LogP contribution is -2.06. The predicted octanol–water partition coefficient (Wildman–Crippen LogP) is 2.65. The Hall–Kier alpha value is -2.14. The van der Waals surface area contributed by atoms with Gasteiger partial charge in [0.2, 0.25) is 0 Å². The second-order valence-corrected chi connectivity index (χ2v) is 4.15. The third kappa shape index (κ3) is 3.00. The van der Waals surface area contributed by atoms with Crippen LogP contribution in [-0.2, 0) is 13.2 Å². The fourth-order valence-corrected chi connectivity index (χ4v) is 1.70. The number of rotatable bonds is 4. The first-order chi connectivity index (χ1) is 9.11. The standard InChI is InChI=1S/C14H14F2N2O/c15-11-5-6-12(17)14(13(11)16)18-7-9-1-3-10(8-19)4-2-9/h1-6,18-19H,7-8,17H2. The van der Waals surface area contributed by atoms with Crippen LogP contribution in [-0.4, -0.2) is 5.11 Å². The van der Waals surface area contributed by atoms with Gasteiger partial charge in [0.25, 0.3) is 0 Å². The van der Waals surface area contributed by atoms with E-state index in [-0.39, 0.29) is 18.0 Å². The van der Waals surface area contributed by atoms with E-state index < -0.39 is 11.6 Å². The van der Waals surface area contributed by atoms with Crippen LogP contribution >= 0.6 is 0 Å². The molecule has 2 aromatic rings. The van der Waals surface area contributed by atoms with Crippen LogP contribution in [0.4, 0.5) is 20.2 Å². The molecule has 100 valence electrons. The lowest BCUT2D eigenvalue weighted by atomic mass is 10.1. The molecule has 0 amide bonds. The van der Waals surface area contributed by atoms with Crippen LogP contribution in [0.2, 0.25) is 0 Å². The van der Waals surface area contributed by atoms with Gasteiger partial charge in [-0.2, -0.15) is 0 Å². The molecule has 0 atom stereocenters. The monoisotopic (exact) mass is 264 g/mol. The molecule has 0 saturated carbocycles. The number of halogens is 2. The summed E-state index contributed by atoms with van der Waals surface area (Å²) < 4.78 is 26.6. The summed E-state index contributed by atoms with van der Waals surface area (Å²) in [6.45, 7) is 0.287. The number of hydrogen-bond acceptors (Lipinski definition) is 3. The van der Waals surface area contributed by atoms with Crippen LogP contribution in [0.15, 0.2) is 36.4 Å². The largest absolute Gasteiger partial charge is 0.397 e. The summed E-state index contributed by atoms with van der Waals surface area (Å²) in [6, 6.07) is 9.43. The molecule has 0 fully saturated rings. The first-order valence-corrected chi connectivity index (χ1v) is 5.78. The Kier molecular flexibility index (Phi) is 3.97. The van der Waals surface area contributed by atoms with Crippen LogP contribution in [0.25, 0.3) is 0 Å². The van der Waals surface area contributed by atoms with Gasteiger partial charge in [-0.3, -0.25) is 0 Å². The molecule has 3 nitrogen and oxygen atoms in total. The van der Waals surface area contributed by atoms with Crippen molar-refractivity contribution in [1.82, 2.24) is 0 Å². The van der Waals surface area contributed by atoms with Gasteiger partial charge in [-0.25, -0.2) is 8.78 Å². The van der Waals surface area contributed by atoms with Crippen LogP contribution < -0.4 is 11.1 Å². The number of aliphatic hydroxyl groups excluding tert-OH is 1. The van der Waals surface area contributed by atoms with E-state index in [0.717, 1.165) is 17.2 Å². The predicted molar refractivity (Wildman–Crippen MR) is 70.5 cm³/mol. The molecule has 0 aliphatic carbocycles. The molecule has 19 heavy (non-hydrogen) atoms. The van der Waals surface area contributed by atoms with Gasteiger partial charge in [-0.15, -0.1) is 0 Å². The van der Waals surface area contributed by atoms with Gasteiger partial charge in [0.15, 0.2) is 11.6 Å². The molecule has 0 saturated heterocycles. The normalized spacial score (nSPS) is 10.5. The van der Waals surface area contributed by atoms with E-state index in [0.29, 0.717) is 6.54 Å². The zero-order valence-corrected chi connectivity index (χ0v) is 10.2. The Morgan fingerprint density at radius 2 is 1.63 bits per heavy atom. The van der Waals surface area contributed by atoms with Gasteiger partial charge >= 0.3 is 0 Å². The molecule has 2 rings (SSSR count). The van der Waals surface area contributed by atoms with Crippen LogP contribution in [0.1, 0.15) is 11.1 Å². The van der Waals surface area contributed by atoms with Crippen molar-refractivity contribution in [2.75, 3.05) is 11.1 Å². The third-order valence-corrected chi connectivity index (χ3v) is 2.80. The zero-order chi connectivity index (χ0) is 13.8. The first kappa shape index (κ1) is 13.3. The van der Waals surface area contributed by atoms with Gasteiger partial charge < -0.3 is 16.2 Å². The molecule has 0 aromatic heterocycles. The van der Waals surface area contributed by atoms with E-state index in [4.69, 9.17) is 10.8 Å². The summed E-state index contributed by atoms with van der Waals surface area (Å²) in [7, 11) is 0. The number of nitrogen functional groups attached to an aromatic ring is 1. The van der Waals surface area contributed by atoms with E-state index in [2.05, 4.69) is 5.32 Å². The zero-order valence-electron chi connectivity index (χ0n) is 10.2. The summed E-state index contributed by atoms with van der Waals surface area (Å²) in [5.41, 5.74) is 7.39. The van der Waals surface area contributed by atoms with E-state index in [1.54, 1.807) is 24.3 Å². The van der Waals surface area contributed by atoms with Crippen molar-refractivity contribution in [2.45, 2.75) is 13.2 Å². The molecule has 0 bridgehead atoms. The summed E-state index contributed by atoms with van der Waals surface area (Å²) in [4.78, 5) is 0. The molecule has 0 aliphatic heterocycles. The maximum atomic E-state index is 13.5. The van der Waals surface area contributed by atoms with Crippen LogP contribution in [0.3, 0.4) is 0 Å². The number of hydrogen-bond donors (Lipinski definition) is 3. The average molecular weight is 264 g/mol. The summed E-state index contributed by atoms with van der Waals surface area (Å²) in [5.74, 6) is -1.92. The van der Waals surface area contributed by atoms with Crippen molar-refractivity contribution < 1.29 is 13.9 Å². The van der Waals surface area contributed by atoms with Crippen molar-refractivity contribution >= 4 is 11.4 Å². The number of nitrogens with two attached hydrogens (primary N) is 1. The summed E-state index contributed by atoms with van der Waals surface area (Å²) in [6.07, 6.45) is 0.